The van der Waals surface area contributed by atoms with Gasteiger partial charge in [0.1, 0.15) is 0 Å². The number of hydrogen-bond donors (Lipinski definition) is 1. The molecule has 0 saturated carbocycles. The summed E-state index contributed by atoms with van der Waals surface area (Å²) in [7, 11) is -3.62. The van der Waals surface area contributed by atoms with Gasteiger partial charge in [0.05, 0.1) is 18.1 Å². The molecule has 0 atom stereocenters. The van der Waals surface area contributed by atoms with Crippen LogP contribution in [0.1, 0.15) is 10.4 Å². The lowest BCUT2D eigenvalue weighted by Gasteiger charge is -2.26. The van der Waals surface area contributed by atoms with E-state index in [9.17, 15) is 13.2 Å². The Hall–Kier alpha value is -2.60. The van der Waals surface area contributed by atoms with Gasteiger partial charge in [-0.2, -0.15) is 4.31 Å². The Morgan fingerprint density at radius 3 is 2.50 bits per heavy atom. The van der Waals surface area contributed by atoms with Crippen molar-refractivity contribution in [3.8, 4) is 11.5 Å². The molecule has 1 amide bonds. The molecule has 1 N–H and O–H groups in total. The van der Waals surface area contributed by atoms with Crippen LogP contribution in [0.15, 0.2) is 62.3 Å². The average molecular weight is 493 g/mol. The van der Waals surface area contributed by atoms with Crippen LogP contribution in [0.2, 0.25) is 0 Å². The average Bonchev–Trinajstić information content (AvgIpc) is 3.23. The van der Waals surface area contributed by atoms with Gasteiger partial charge >= 0.3 is 6.01 Å². The number of benzene rings is 2. The molecule has 1 saturated heterocycles. The molecule has 3 aromatic rings. The van der Waals surface area contributed by atoms with E-state index >= 15 is 0 Å². The molecule has 0 bridgehead atoms. The third-order valence-corrected chi connectivity index (χ3v) is 6.85. The van der Waals surface area contributed by atoms with Crippen LogP contribution in [0.4, 0.5) is 6.01 Å². The molecule has 9 nitrogen and oxygen atoms in total. The first kappa shape index (κ1) is 20.7. The third-order valence-electron chi connectivity index (χ3n) is 4.44. The summed E-state index contributed by atoms with van der Waals surface area (Å²) in [5, 5.41) is 10.3. The number of carbonyl (C=O) groups excluding carboxylic acids is 1. The zero-order valence-corrected chi connectivity index (χ0v) is 18.0. The number of ether oxygens (including phenoxy) is 1. The van der Waals surface area contributed by atoms with E-state index in [-0.39, 0.29) is 22.4 Å². The van der Waals surface area contributed by atoms with Gasteiger partial charge in [-0.15, -0.1) is 5.10 Å². The van der Waals surface area contributed by atoms with Gasteiger partial charge < -0.3 is 9.15 Å². The molecule has 1 aromatic heterocycles. The van der Waals surface area contributed by atoms with Crippen molar-refractivity contribution in [2.24, 2.45) is 0 Å². The first-order valence-electron chi connectivity index (χ1n) is 9.02. The van der Waals surface area contributed by atoms with E-state index in [0.29, 0.717) is 31.9 Å². The first-order valence-corrected chi connectivity index (χ1v) is 11.3. The molecule has 0 spiro atoms. The molecule has 1 aliphatic heterocycles. The van der Waals surface area contributed by atoms with Crippen LogP contribution in [0.3, 0.4) is 0 Å². The smallest absolute Gasteiger partial charge is 0.322 e. The Balaban J connectivity index is 1.45. The minimum absolute atomic E-state index is 0.0556. The maximum atomic E-state index is 12.7. The fraction of sp³-hybridized carbons (Fsp3) is 0.211. The summed E-state index contributed by atoms with van der Waals surface area (Å²) in [5.41, 5.74) is 0.966. The van der Waals surface area contributed by atoms with Crippen LogP contribution in [-0.4, -0.2) is 55.1 Å². The Morgan fingerprint density at radius 2 is 1.80 bits per heavy atom. The Morgan fingerprint density at radius 1 is 1.07 bits per heavy atom. The number of carbonyl (C=O) groups is 1. The van der Waals surface area contributed by atoms with E-state index in [2.05, 4.69) is 31.4 Å². The summed E-state index contributed by atoms with van der Waals surface area (Å²) in [5.74, 6) is -0.228. The standard InChI is InChI=1S/C19H17BrN4O5S/c20-15-3-1-2-14(12-15)18-22-23-19(29-18)21-17(25)13-4-6-16(7-5-13)30(26,27)24-8-10-28-11-9-24/h1-7,12H,8-11H2,(H,21,23,25). The number of nitrogens with zero attached hydrogens (tertiary/aromatic N) is 3. The molecule has 30 heavy (non-hydrogen) atoms. The summed E-state index contributed by atoms with van der Waals surface area (Å²) < 4.78 is 38.2. The monoisotopic (exact) mass is 492 g/mol. The molecule has 11 heteroatoms. The molecule has 2 heterocycles. The molecule has 1 aliphatic rings. The van der Waals surface area contributed by atoms with E-state index in [1.165, 1.54) is 28.6 Å². The van der Waals surface area contributed by atoms with Crippen molar-refractivity contribution in [1.82, 2.24) is 14.5 Å². The van der Waals surface area contributed by atoms with Crippen molar-refractivity contribution < 1.29 is 22.4 Å². The van der Waals surface area contributed by atoms with Crippen LogP contribution < -0.4 is 5.32 Å². The Labute approximate surface area is 181 Å². The predicted molar refractivity (Wildman–Crippen MR) is 111 cm³/mol. The van der Waals surface area contributed by atoms with E-state index < -0.39 is 15.9 Å². The minimum Gasteiger partial charge on any atom is -0.403 e. The lowest BCUT2D eigenvalue weighted by atomic mass is 10.2. The molecule has 0 unspecified atom stereocenters. The molecule has 2 aromatic carbocycles. The highest BCUT2D eigenvalue weighted by molar-refractivity contribution is 9.10. The molecule has 156 valence electrons. The van der Waals surface area contributed by atoms with Crippen molar-refractivity contribution in [2.75, 3.05) is 31.6 Å². The van der Waals surface area contributed by atoms with Gasteiger partial charge in [-0.05, 0) is 42.5 Å². The summed E-state index contributed by atoms with van der Waals surface area (Å²) >= 11 is 3.37. The van der Waals surface area contributed by atoms with Gasteiger partial charge in [0.15, 0.2) is 0 Å². The van der Waals surface area contributed by atoms with Gasteiger partial charge in [0.25, 0.3) is 5.91 Å². The number of nitrogens with one attached hydrogen (secondary N) is 1. The highest BCUT2D eigenvalue weighted by atomic mass is 79.9. The normalized spacial score (nSPS) is 15.1. The minimum atomic E-state index is -3.62. The number of sulfonamides is 1. The number of aromatic nitrogens is 2. The second-order valence-corrected chi connectivity index (χ2v) is 9.27. The zero-order chi connectivity index (χ0) is 21.1. The van der Waals surface area contributed by atoms with Crippen LogP contribution >= 0.6 is 15.9 Å². The van der Waals surface area contributed by atoms with Crippen molar-refractivity contribution in [3.05, 3.63) is 58.6 Å². The summed E-state index contributed by atoms with van der Waals surface area (Å²) in [6, 6.07) is 12.9. The van der Waals surface area contributed by atoms with Crippen molar-refractivity contribution in [2.45, 2.75) is 4.90 Å². The highest BCUT2D eigenvalue weighted by Crippen LogP contribution is 2.23. The quantitative estimate of drug-likeness (QED) is 0.581. The lowest BCUT2D eigenvalue weighted by Crippen LogP contribution is -2.40. The fourth-order valence-corrected chi connectivity index (χ4v) is 4.70. The molecule has 0 aliphatic carbocycles. The summed E-state index contributed by atoms with van der Waals surface area (Å²) in [6.07, 6.45) is 0. The highest BCUT2D eigenvalue weighted by Gasteiger charge is 2.26. The van der Waals surface area contributed by atoms with Gasteiger partial charge in [0.2, 0.25) is 15.9 Å². The number of amides is 1. The van der Waals surface area contributed by atoms with Crippen LogP contribution in [0, 0.1) is 0 Å². The predicted octanol–water partition coefficient (Wildman–Crippen LogP) is 2.77. The van der Waals surface area contributed by atoms with E-state index in [1.807, 2.05) is 18.2 Å². The topological polar surface area (TPSA) is 115 Å². The van der Waals surface area contributed by atoms with Gasteiger partial charge in [-0.3, -0.25) is 10.1 Å². The third kappa shape index (κ3) is 4.43. The molecule has 1 fully saturated rings. The van der Waals surface area contributed by atoms with E-state index in [1.54, 1.807) is 6.07 Å². The molecule has 0 radical (unpaired) electrons. The number of halogens is 1. The van der Waals surface area contributed by atoms with Gasteiger partial charge in [0, 0.05) is 28.7 Å². The lowest BCUT2D eigenvalue weighted by molar-refractivity contribution is 0.0730. The number of rotatable bonds is 5. The Bertz CT molecular complexity index is 1160. The maximum absolute atomic E-state index is 12.7. The zero-order valence-electron chi connectivity index (χ0n) is 15.6. The van der Waals surface area contributed by atoms with Gasteiger partial charge in [-0.1, -0.05) is 27.1 Å². The van der Waals surface area contributed by atoms with Crippen molar-refractivity contribution >= 4 is 37.9 Å². The molecule has 4 rings (SSSR count). The maximum Gasteiger partial charge on any atom is 0.322 e. The molecular formula is C19H17BrN4O5S. The largest absolute Gasteiger partial charge is 0.403 e. The van der Waals surface area contributed by atoms with Crippen LogP contribution in [-0.2, 0) is 14.8 Å². The van der Waals surface area contributed by atoms with Crippen molar-refractivity contribution in [1.29, 1.82) is 0 Å². The van der Waals surface area contributed by atoms with E-state index in [0.717, 1.165) is 4.47 Å². The summed E-state index contributed by atoms with van der Waals surface area (Å²) in [4.78, 5) is 12.6. The van der Waals surface area contributed by atoms with Gasteiger partial charge in [-0.25, -0.2) is 8.42 Å². The second kappa shape index (κ2) is 8.64. The summed E-state index contributed by atoms with van der Waals surface area (Å²) in [6.45, 7) is 1.35. The number of hydrogen-bond acceptors (Lipinski definition) is 7. The molecular weight excluding hydrogens is 476 g/mol. The second-order valence-electron chi connectivity index (χ2n) is 6.42. The van der Waals surface area contributed by atoms with Crippen LogP contribution in [0.5, 0.6) is 0 Å². The SMILES string of the molecule is O=C(Nc1nnc(-c2cccc(Br)c2)o1)c1ccc(S(=O)(=O)N2CCOCC2)cc1. The number of morpholine rings is 1. The van der Waals surface area contributed by atoms with Crippen LogP contribution in [0.25, 0.3) is 11.5 Å². The first-order chi connectivity index (χ1) is 14.4. The Kier molecular flexibility index (Phi) is 5.95. The van der Waals surface area contributed by atoms with Crippen molar-refractivity contribution in [3.63, 3.8) is 0 Å². The fourth-order valence-electron chi connectivity index (χ4n) is 2.90. The van der Waals surface area contributed by atoms with E-state index in [4.69, 9.17) is 9.15 Å². The number of anilines is 1.